The third-order valence-electron chi connectivity index (χ3n) is 4.42. The molecule has 0 bridgehead atoms. The van der Waals surface area contributed by atoms with E-state index in [2.05, 4.69) is 29.2 Å². The zero-order valence-electron chi connectivity index (χ0n) is 13.0. The van der Waals surface area contributed by atoms with Crippen LogP contribution in [0.25, 0.3) is 0 Å². The second kappa shape index (κ2) is 6.05. The second-order valence-electron chi connectivity index (χ2n) is 6.26. The van der Waals surface area contributed by atoms with E-state index in [9.17, 15) is 4.79 Å². The number of rotatable bonds is 4. The van der Waals surface area contributed by atoms with Crippen molar-refractivity contribution < 1.29 is 4.79 Å². The molecule has 0 aliphatic carbocycles. The van der Waals surface area contributed by atoms with Crippen molar-refractivity contribution in [2.24, 2.45) is 0 Å². The van der Waals surface area contributed by atoms with Crippen molar-refractivity contribution in [3.05, 3.63) is 18.0 Å². The van der Waals surface area contributed by atoms with E-state index >= 15 is 0 Å². The molecule has 0 unspecified atom stereocenters. The van der Waals surface area contributed by atoms with Gasteiger partial charge in [0.15, 0.2) is 0 Å². The molecule has 1 aromatic heterocycles. The summed E-state index contributed by atoms with van der Waals surface area (Å²) in [5.41, 5.74) is 0.976. The fourth-order valence-corrected chi connectivity index (χ4v) is 3.15. The Morgan fingerprint density at radius 1 is 1.33 bits per heavy atom. The van der Waals surface area contributed by atoms with Gasteiger partial charge in [0.2, 0.25) is 0 Å². The molecule has 0 saturated carbocycles. The Kier molecular flexibility index (Phi) is 4.14. The summed E-state index contributed by atoms with van der Waals surface area (Å²) in [6.45, 7) is 8.56. The third-order valence-corrected chi connectivity index (χ3v) is 4.42. The predicted octanol–water partition coefficient (Wildman–Crippen LogP) is 1.45. The van der Waals surface area contributed by atoms with Crippen LogP contribution >= 0.6 is 0 Å². The fraction of sp³-hybridized carbons (Fsp3) is 0.733. The molecule has 0 aromatic carbocycles. The first kappa shape index (κ1) is 14.4. The number of hydrogen-bond acceptors (Lipinski definition) is 3. The summed E-state index contributed by atoms with van der Waals surface area (Å²) in [6.07, 6.45) is 4.13. The van der Waals surface area contributed by atoms with E-state index in [0.717, 1.165) is 44.7 Å². The lowest BCUT2D eigenvalue weighted by atomic mass is 10.1. The van der Waals surface area contributed by atoms with Crippen molar-refractivity contribution in [3.63, 3.8) is 0 Å². The van der Waals surface area contributed by atoms with Gasteiger partial charge in [0, 0.05) is 31.4 Å². The average Bonchev–Trinajstić information content (AvgIpc) is 3.09. The quantitative estimate of drug-likeness (QED) is 0.913. The first-order valence-electron chi connectivity index (χ1n) is 7.95. The van der Waals surface area contributed by atoms with E-state index in [-0.39, 0.29) is 6.03 Å². The Morgan fingerprint density at radius 3 is 2.76 bits per heavy atom. The fourth-order valence-electron chi connectivity index (χ4n) is 3.15. The van der Waals surface area contributed by atoms with E-state index in [4.69, 9.17) is 0 Å². The summed E-state index contributed by atoms with van der Waals surface area (Å²) in [5, 5.41) is 7.89. The van der Waals surface area contributed by atoms with Crippen LogP contribution in [0.4, 0.5) is 4.79 Å². The summed E-state index contributed by atoms with van der Waals surface area (Å²) in [6, 6.07) is 2.97. The Morgan fingerprint density at radius 2 is 2.10 bits per heavy atom. The highest BCUT2D eigenvalue weighted by Gasteiger charge is 2.34. The van der Waals surface area contributed by atoms with Crippen LogP contribution in [0.1, 0.15) is 38.4 Å². The molecule has 2 aliphatic heterocycles. The number of hydrogen-bond donors (Lipinski definition) is 1. The van der Waals surface area contributed by atoms with Gasteiger partial charge < -0.3 is 15.1 Å². The van der Waals surface area contributed by atoms with Crippen LogP contribution in [-0.2, 0) is 6.54 Å². The van der Waals surface area contributed by atoms with Crippen LogP contribution in [-0.4, -0.2) is 57.8 Å². The number of nitrogens with one attached hydrogen (secondary N) is 1. The van der Waals surface area contributed by atoms with E-state index in [1.165, 1.54) is 0 Å². The molecule has 6 nitrogen and oxygen atoms in total. The van der Waals surface area contributed by atoms with Crippen molar-refractivity contribution >= 4 is 6.03 Å². The molecule has 0 atom stereocenters. The minimum Gasteiger partial charge on any atom is -0.320 e. The number of carbonyl (C=O) groups excluding carboxylic acids is 1. The first-order valence-corrected chi connectivity index (χ1v) is 7.95. The maximum atomic E-state index is 12.5. The monoisotopic (exact) mass is 291 g/mol. The molecule has 2 saturated heterocycles. The molecule has 21 heavy (non-hydrogen) atoms. The Balaban J connectivity index is 1.60. The molecule has 2 fully saturated rings. The number of urea groups is 1. The van der Waals surface area contributed by atoms with Crippen molar-refractivity contribution in [1.29, 1.82) is 0 Å². The molecule has 0 radical (unpaired) electrons. The molecule has 3 heterocycles. The van der Waals surface area contributed by atoms with Gasteiger partial charge in [0.1, 0.15) is 0 Å². The van der Waals surface area contributed by atoms with Crippen molar-refractivity contribution in [3.8, 4) is 0 Å². The zero-order chi connectivity index (χ0) is 14.8. The van der Waals surface area contributed by atoms with Gasteiger partial charge in [-0.25, -0.2) is 4.79 Å². The lowest BCUT2D eigenvalue weighted by molar-refractivity contribution is 0.164. The summed E-state index contributed by atoms with van der Waals surface area (Å²) < 4.78 is 1.94. The molecule has 1 N–H and O–H groups in total. The smallest absolute Gasteiger partial charge is 0.320 e. The maximum absolute atomic E-state index is 12.5. The van der Waals surface area contributed by atoms with Crippen molar-refractivity contribution in [2.45, 2.75) is 45.3 Å². The number of nitrogens with zero attached hydrogens (tertiary/aromatic N) is 4. The van der Waals surface area contributed by atoms with Crippen LogP contribution in [0.2, 0.25) is 0 Å². The maximum Gasteiger partial charge on any atom is 0.320 e. The normalized spacial score (nSPS) is 20.8. The SMILES string of the molecule is CC(C)n1ccc(CN2CCN(C3CCNCC3)C2=O)n1. The van der Waals surface area contributed by atoms with Gasteiger partial charge >= 0.3 is 6.03 Å². The number of piperidine rings is 1. The molecule has 0 spiro atoms. The van der Waals surface area contributed by atoms with Crippen LogP contribution < -0.4 is 5.32 Å². The molecule has 116 valence electrons. The van der Waals surface area contributed by atoms with Gasteiger partial charge in [-0.1, -0.05) is 0 Å². The van der Waals surface area contributed by atoms with Gasteiger partial charge in [-0.3, -0.25) is 4.68 Å². The standard InChI is InChI=1S/C15H25N5O/c1-12(2)20-8-5-13(17-20)11-18-9-10-19(15(18)21)14-3-6-16-7-4-14/h5,8,12,14,16H,3-4,6-7,9-11H2,1-2H3. The van der Waals surface area contributed by atoms with Gasteiger partial charge in [-0.15, -0.1) is 0 Å². The van der Waals surface area contributed by atoms with E-state index in [1.54, 1.807) is 0 Å². The Hall–Kier alpha value is -1.56. The average molecular weight is 291 g/mol. The molecule has 3 rings (SSSR count). The summed E-state index contributed by atoms with van der Waals surface area (Å²) in [5.74, 6) is 0. The third kappa shape index (κ3) is 3.05. The van der Waals surface area contributed by atoms with E-state index in [1.807, 2.05) is 21.8 Å². The van der Waals surface area contributed by atoms with Crippen LogP contribution in [0.3, 0.4) is 0 Å². The zero-order valence-corrected chi connectivity index (χ0v) is 13.0. The lowest BCUT2D eigenvalue weighted by Crippen LogP contribution is -2.45. The van der Waals surface area contributed by atoms with Gasteiger partial charge in [0.05, 0.1) is 12.2 Å². The van der Waals surface area contributed by atoms with Crippen molar-refractivity contribution in [2.75, 3.05) is 26.2 Å². The Bertz CT molecular complexity index is 492. The molecular weight excluding hydrogens is 266 g/mol. The topological polar surface area (TPSA) is 53.4 Å². The van der Waals surface area contributed by atoms with E-state index in [0.29, 0.717) is 18.6 Å². The summed E-state index contributed by atoms with van der Waals surface area (Å²) in [7, 11) is 0. The van der Waals surface area contributed by atoms with Crippen molar-refractivity contribution in [1.82, 2.24) is 24.9 Å². The van der Waals surface area contributed by atoms with Gasteiger partial charge in [0.25, 0.3) is 0 Å². The highest BCUT2D eigenvalue weighted by atomic mass is 16.2. The number of aromatic nitrogens is 2. The molecule has 1 aromatic rings. The molecule has 2 amide bonds. The minimum absolute atomic E-state index is 0.181. The van der Waals surface area contributed by atoms with E-state index < -0.39 is 0 Å². The number of amides is 2. The second-order valence-corrected chi connectivity index (χ2v) is 6.26. The molecular formula is C15H25N5O. The molecule has 2 aliphatic rings. The highest BCUT2D eigenvalue weighted by molar-refractivity contribution is 5.76. The first-order chi connectivity index (χ1) is 10.1. The largest absolute Gasteiger partial charge is 0.320 e. The molecule has 6 heteroatoms. The minimum atomic E-state index is 0.181. The van der Waals surface area contributed by atoms with Gasteiger partial charge in [-0.05, 0) is 45.8 Å². The lowest BCUT2D eigenvalue weighted by Gasteiger charge is -2.31. The number of carbonyl (C=O) groups is 1. The van der Waals surface area contributed by atoms with Crippen LogP contribution in [0.5, 0.6) is 0 Å². The van der Waals surface area contributed by atoms with Crippen LogP contribution in [0.15, 0.2) is 12.3 Å². The predicted molar refractivity (Wildman–Crippen MR) is 81.0 cm³/mol. The highest BCUT2D eigenvalue weighted by Crippen LogP contribution is 2.20. The summed E-state index contributed by atoms with van der Waals surface area (Å²) >= 11 is 0. The Labute approximate surface area is 126 Å². The van der Waals surface area contributed by atoms with Crippen LogP contribution in [0, 0.1) is 0 Å². The van der Waals surface area contributed by atoms with Gasteiger partial charge in [-0.2, -0.15) is 5.10 Å². The summed E-state index contributed by atoms with van der Waals surface area (Å²) in [4.78, 5) is 16.5.